The molecule has 1 N–H and O–H groups in total. The Morgan fingerprint density at radius 3 is 2.52 bits per heavy atom. The number of carbonyl (C=O) groups excluding carboxylic acids is 1. The number of anilines is 1. The number of alkyl halides is 3. The topological polar surface area (TPSA) is 51.2 Å². The normalized spacial score (nSPS) is 11.1. The van der Waals surface area contributed by atoms with Crippen LogP contribution in [0.2, 0.25) is 0 Å². The number of rotatable bonds is 7. The first-order chi connectivity index (χ1) is 13.9. The van der Waals surface area contributed by atoms with E-state index in [1.165, 1.54) is 24.3 Å². The number of ether oxygens (including phenoxy) is 1. The van der Waals surface area contributed by atoms with Crippen molar-refractivity contribution in [3.8, 4) is 5.75 Å². The third-order valence-corrected chi connectivity index (χ3v) is 4.74. The summed E-state index contributed by atoms with van der Waals surface area (Å²) in [5, 5.41) is 3.70. The molecule has 0 unspecified atom stereocenters. The summed E-state index contributed by atoms with van der Waals surface area (Å²) in [6.45, 7) is -1.37. The van der Waals surface area contributed by atoms with Crippen LogP contribution in [0.5, 0.6) is 5.75 Å². The number of nitrogens with one attached hydrogen (secondary N) is 1. The third-order valence-electron chi connectivity index (χ3n) is 3.73. The van der Waals surface area contributed by atoms with Crippen molar-refractivity contribution in [1.29, 1.82) is 0 Å². The van der Waals surface area contributed by atoms with E-state index in [1.54, 1.807) is 24.0 Å². The quantitative estimate of drug-likeness (QED) is 0.510. The second kappa shape index (κ2) is 9.47. The van der Waals surface area contributed by atoms with Crippen molar-refractivity contribution < 1.29 is 22.7 Å². The fourth-order valence-corrected chi connectivity index (χ4v) is 3.20. The van der Waals surface area contributed by atoms with E-state index in [2.05, 4.69) is 15.0 Å². The highest BCUT2D eigenvalue weighted by Crippen LogP contribution is 2.23. The van der Waals surface area contributed by atoms with E-state index in [4.69, 9.17) is 0 Å². The van der Waals surface area contributed by atoms with Gasteiger partial charge in [0.1, 0.15) is 5.75 Å². The molecule has 1 heterocycles. The number of carbonyl (C=O) groups is 1. The molecule has 0 aliphatic carbocycles. The fraction of sp³-hybridized carbons (Fsp3) is 0.143. The lowest BCUT2D eigenvalue weighted by atomic mass is 10.2. The molecule has 150 valence electrons. The Balaban J connectivity index is 1.57. The number of amides is 1. The van der Waals surface area contributed by atoms with E-state index in [9.17, 15) is 18.0 Å². The summed E-state index contributed by atoms with van der Waals surface area (Å²) in [7, 11) is 0. The number of hydrogen-bond donors (Lipinski definition) is 1. The van der Waals surface area contributed by atoms with Crippen molar-refractivity contribution in [3.63, 3.8) is 0 Å². The van der Waals surface area contributed by atoms with Crippen LogP contribution in [0.25, 0.3) is 0 Å². The minimum absolute atomic E-state index is 0.0485. The van der Waals surface area contributed by atoms with Crippen LogP contribution in [0, 0.1) is 0 Å². The highest BCUT2D eigenvalue weighted by molar-refractivity contribution is 7.98. The van der Waals surface area contributed by atoms with Crippen molar-refractivity contribution in [2.24, 2.45) is 0 Å². The van der Waals surface area contributed by atoms with E-state index < -0.39 is 12.8 Å². The monoisotopic (exact) mass is 418 g/mol. The molecule has 4 nitrogen and oxygen atoms in total. The van der Waals surface area contributed by atoms with Gasteiger partial charge in [-0.3, -0.25) is 4.79 Å². The van der Waals surface area contributed by atoms with Crippen molar-refractivity contribution in [3.05, 3.63) is 84.1 Å². The second-order valence-corrected chi connectivity index (χ2v) is 7.04. The summed E-state index contributed by atoms with van der Waals surface area (Å²) in [5.74, 6) is 0.390. The maximum atomic E-state index is 12.4. The lowest BCUT2D eigenvalue weighted by Gasteiger charge is -2.10. The van der Waals surface area contributed by atoms with E-state index in [-0.39, 0.29) is 11.7 Å². The molecule has 0 saturated heterocycles. The van der Waals surface area contributed by atoms with Crippen molar-refractivity contribution in [1.82, 2.24) is 4.98 Å². The average Bonchev–Trinajstić information content (AvgIpc) is 2.72. The van der Waals surface area contributed by atoms with E-state index >= 15 is 0 Å². The zero-order valence-electron chi connectivity index (χ0n) is 15.1. The van der Waals surface area contributed by atoms with Crippen LogP contribution >= 0.6 is 11.8 Å². The van der Waals surface area contributed by atoms with E-state index in [0.717, 1.165) is 10.6 Å². The number of pyridine rings is 1. The molecule has 0 atom stereocenters. The van der Waals surface area contributed by atoms with Gasteiger partial charge in [0.05, 0.1) is 5.03 Å². The molecule has 0 saturated carbocycles. The van der Waals surface area contributed by atoms with Gasteiger partial charge in [-0.25, -0.2) is 4.98 Å². The minimum atomic E-state index is -4.41. The molecule has 0 bridgehead atoms. The number of halogens is 3. The van der Waals surface area contributed by atoms with Crippen LogP contribution in [0.1, 0.15) is 15.9 Å². The number of aromatic nitrogens is 1. The first-order valence-corrected chi connectivity index (χ1v) is 9.61. The molecule has 0 spiro atoms. The second-order valence-electron chi connectivity index (χ2n) is 6.04. The molecule has 0 fully saturated rings. The number of thioether (sulfide) groups is 1. The number of hydrogen-bond acceptors (Lipinski definition) is 4. The molecule has 0 aliphatic heterocycles. The van der Waals surface area contributed by atoms with Crippen LogP contribution in [0.4, 0.5) is 18.9 Å². The minimum Gasteiger partial charge on any atom is -0.484 e. The standard InChI is InChI=1S/C21H17F3N2O2S/c22-21(23,24)14-28-18-9-7-16(8-10-18)20(27)26-17-5-3-4-15(12-17)13-29-19-6-1-2-11-25-19/h1-12H,13-14H2,(H,26,27). The Bertz CT molecular complexity index is 948. The Morgan fingerprint density at radius 1 is 1.03 bits per heavy atom. The Morgan fingerprint density at radius 2 is 1.83 bits per heavy atom. The van der Waals surface area contributed by atoms with Gasteiger partial charge in [0.2, 0.25) is 0 Å². The molecule has 29 heavy (non-hydrogen) atoms. The largest absolute Gasteiger partial charge is 0.484 e. The van der Waals surface area contributed by atoms with Crippen LogP contribution in [-0.2, 0) is 5.75 Å². The summed E-state index contributed by atoms with van der Waals surface area (Å²) in [6, 6.07) is 18.7. The van der Waals surface area contributed by atoms with Gasteiger partial charge in [0.25, 0.3) is 5.91 Å². The maximum absolute atomic E-state index is 12.4. The van der Waals surface area contributed by atoms with Crippen LogP contribution in [0.3, 0.4) is 0 Å². The lowest BCUT2D eigenvalue weighted by Crippen LogP contribution is -2.19. The van der Waals surface area contributed by atoms with E-state index in [1.807, 2.05) is 36.4 Å². The van der Waals surface area contributed by atoms with Gasteiger partial charge in [0, 0.05) is 23.2 Å². The third kappa shape index (κ3) is 6.83. The molecule has 8 heteroatoms. The molecule has 3 aromatic rings. The summed E-state index contributed by atoms with van der Waals surface area (Å²) < 4.78 is 41.2. The first kappa shape index (κ1) is 20.7. The molecule has 1 aromatic heterocycles. The molecular formula is C21H17F3N2O2S. The van der Waals surface area contributed by atoms with Crippen molar-refractivity contribution >= 4 is 23.4 Å². The van der Waals surface area contributed by atoms with Crippen LogP contribution < -0.4 is 10.1 Å². The summed E-state index contributed by atoms with van der Waals surface area (Å²) in [6.07, 6.45) is -2.67. The smallest absolute Gasteiger partial charge is 0.422 e. The summed E-state index contributed by atoms with van der Waals surface area (Å²) in [4.78, 5) is 16.6. The van der Waals surface area contributed by atoms with Gasteiger partial charge in [-0.1, -0.05) is 18.2 Å². The van der Waals surface area contributed by atoms with E-state index in [0.29, 0.717) is 17.0 Å². The molecule has 0 aliphatic rings. The molecule has 2 aromatic carbocycles. The van der Waals surface area contributed by atoms with Crippen LogP contribution in [-0.4, -0.2) is 23.7 Å². The Kier molecular flexibility index (Phi) is 6.77. The average molecular weight is 418 g/mol. The van der Waals surface area contributed by atoms with Crippen molar-refractivity contribution in [2.75, 3.05) is 11.9 Å². The molecule has 3 rings (SSSR count). The zero-order chi connectivity index (χ0) is 20.7. The molecule has 0 radical (unpaired) electrons. The van der Waals surface area contributed by atoms with Gasteiger partial charge in [0.15, 0.2) is 6.61 Å². The van der Waals surface area contributed by atoms with Crippen molar-refractivity contribution in [2.45, 2.75) is 17.0 Å². The predicted molar refractivity (Wildman–Crippen MR) is 106 cm³/mol. The lowest BCUT2D eigenvalue weighted by molar-refractivity contribution is -0.153. The highest BCUT2D eigenvalue weighted by Gasteiger charge is 2.28. The number of benzene rings is 2. The number of nitrogens with zero attached hydrogens (tertiary/aromatic N) is 1. The first-order valence-electron chi connectivity index (χ1n) is 8.63. The molecule has 1 amide bonds. The summed E-state index contributed by atoms with van der Waals surface area (Å²) >= 11 is 1.59. The predicted octanol–water partition coefficient (Wildman–Crippen LogP) is 5.57. The maximum Gasteiger partial charge on any atom is 0.422 e. The SMILES string of the molecule is O=C(Nc1cccc(CSc2ccccn2)c1)c1ccc(OCC(F)(F)F)cc1. The summed E-state index contributed by atoms with van der Waals surface area (Å²) in [5.41, 5.74) is 1.97. The zero-order valence-corrected chi connectivity index (χ0v) is 16.0. The van der Waals surface area contributed by atoms with Gasteiger partial charge >= 0.3 is 6.18 Å². The van der Waals surface area contributed by atoms with Gasteiger partial charge in [-0.15, -0.1) is 11.8 Å². The molecular weight excluding hydrogens is 401 g/mol. The van der Waals surface area contributed by atoms with Gasteiger partial charge < -0.3 is 10.1 Å². The Hall–Kier alpha value is -3.00. The van der Waals surface area contributed by atoms with Gasteiger partial charge in [-0.05, 0) is 54.1 Å². The highest BCUT2D eigenvalue weighted by atomic mass is 32.2. The van der Waals surface area contributed by atoms with Gasteiger partial charge in [-0.2, -0.15) is 13.2 Å². The van der Waals surface area contributed by atoms with Crippen LogP contribution in [0.15, 0.2) is 78.0 Å². The Labute approximate surface area is 170 Å². The fourth-order valence-electron chi connectivity index (χ4n) is 2.40.